The van der Waals surface area contributed by atoms with Crippen LogP contribution in [0.15, 0.2) is 35.7 Å². The molecule has 106 valence electrons. The van der Waals surface area contributed by atoms with Crippen molar-refractivity contribution in [1.29, 1.82) is 0 Å². The lowest BCUT2D eigenvalue weighted by molar-refractivity contribution is -0.120. The van der Waals surface area contributed by atoms with E-state index in [4.69, 9.17) is 0 Å². The van der Waals surface area contributed by atoms with Crippen molar-refractivity contribution in [1.82, 2.24) is 5.32 Å². The first-order valence-electron chi connectivity index (χ1n) is 7.12. The number of hydrogen-bond donors (Lipinski definition) is 1. The van der Waals surface area contributed by atoms with Gasteiger partial charge in [-0.1, -0.05) is 38.1 Å². The van der Waals surface area contributed by atoms with Crippen LogP contribution in [0.3, 0.4) is 0 Å². The summed E-state index contributed by atoms with van der Waals surface area (Å²) >= 11 is 1.63. The Bertz CT molecular complexity index is 560. The number of aryl methyl sites for hydroxylation is 2. The van der Waals surface area contributed by atoms with E-state index in [9.17, 15) is 4.79 Å². The smallest absolute Gasteiger partial charge is 0.225 e. The highest BCUT2D eigenvalue weighted by Gasteiger charge is 2.06. The lowest BCUT2D eigenvalue weighted by atomic mass is 10.0. The highest BCUT2D eigenvalue weighted by atomic mass is 32.1. The Labute approximate surface area is 124 Å². The summed E-state index contributed by atoms with van der Waals surface area (Å²) < 4.78 is 0. The summed E-state index contributed by atoms with van der Waals surface area (Å²) in [5.41, 5.74) is 3.88. The summed E-state index contributed by atoms with van der Waals surface area (Å²) in [6.07, 6.45) is 2.51. The van der Waals surface area contributed by atoms with Gasteiger partial charge in [-0.2, -0.15) is 0 Å². The third-order valence-electron chi connectivity index (χ3n) is 3.45. The molecule has 2 nitrogen and oxygen atoms in total. The van der Waals surface area contributed by atoms with Crippen LogP contribution in [-0.4, -0.2) is 5.91 Å². The molecular weight excluding hydrogens is 266 g/mol. The van der Waals surface area contributed by atoms with Crippen molar-refractivity contribution in [2.24, 2.45) is 0 Å². The SMILES string of the molecule is CCc1ccc(CC)c(CNC(=O)Cc2cccs2)c1. The van der Waals surface area contributed by atoms with Crippen molar-refractivity contribution in [3.63, 3.8) is 0 Å². The second kappa shape index (κ2) is 7.25. The van der Waals surface area contributed by atoms with Crippen molar-refractivity contribution in [2.45, 2.75) is 39.7 Å². The number of amides is 1. The Balaban J connectivity index is 1.97. The molecular formula is C17H21NOS. The standard InChI is InChI=1S/C17H21NOS/c1-3-13-7-8-14(4-2)15(10-13)12-18-17(19)11-16-6-5-9-20-16/h5-10H,3-4,11-12H2,1-2H3,(H,18,19). The van der Waals surface area contributed by atoms with Gasteiger partial charge in [-0.15, -0.1) is 11.3 Å². The third kappa shape index (κ3) is 3.94. The predicted octanol–water partition coefficient (Wildman–Crippen LogP) is 3.73. The maximum Gasteiger partial charge on any atom is 0.225 e. The summed E-state index contributed by atoms with van der Waals surface area (Å²) in [6, 6.07) is 10.5. The maximum atomic E-state index is 11.9. The zero-order valence-corrected chi connectivity index (χ0v) is 12.9. The Morgan fingerprint density at radius 2 is 2.00 bits per heavy atom. The van der Waals surface area contributed by atoms with Gasteiger partial charge in [0.05, 0.1) is 6.42 Å². The van der Waals surface area contributed by atoms with Gasteiger partial charge in [-0.05, 0) is 41.0 Å². The van der Waals surface area contributed by atoms with E-state index in [-0.39, 0.29) is 5.91 Å². The van der Waals surface area contributed by atoms with Crippen LogP contribution in [0.5, 0.6) is 0 Å². The van der Waals surface area contributed by atoms with Crippen molar-refractivity contribution < 1.29 is 4.79 Å². The van der Waals surface area contributed by atoms with Crippen molar-refractivity contribution in [3.8, 4) is 0 Å². The average molecular weight is 287 g/mol. The molecule has 1 aromatic heterocycles. The molecule has 0 spiro atoms. The number of carbonyl (C=O) groups is 1. The van der Waals surface area contributed by atoms with Gasteiger partial charge in [-0.3, -0.25) is 4.79 Å². The molecule has 0 aliphatic carbocycles. The molecule has 0 unspecified atom stereocenters. The lowest BCUT2D eigenvalue weighted by Crippen LogP contribution is -2.24. The van der Waals surface area contributed by atoms with Crippen LogP contribution in [0.25, 0.3) is 0 Å². The number of carbonyl (C=O) groups excluding carboxylic acids is 1. The maximum absolute atomic E-state index is 11.9. The van der Waals surface area contributed by atoms with Crippen LogP contribution in [0.2, 0.25) is 0 Å². The zero-order valence-electron chi connectivity index (χ0n) is 12.1. The van der Waals surface area contributed by atoms with Crippen molar-refractivity contribution >= 4 is 17.2 Å². The molecule has 1 heterocycles. The molecule has 0 fully saturated rings. The highest BCUT2D eigenvalue weighted by Crippen LogP contribution is 2.14. The molecule has 1 aromatic carbocycles. The first kappa shape index (κ1) is 14.8. The summed E-state index contributed by atoms with van der Waals surface area (Å²) in [7, 11) is 0. The normalized spacial score (nSPS) is 10.5. The molecule has 1 amide bonds. The van der Waals surface area contributed by atoms with E-state index >= 15 is 0 Å². The second-order valence-corrected chi connectivity index (χ2v) is 5.88. The van der Waals surface area contributed by atoms with E-state index in [0.29, 0.717) is 13.0 Å². The van der Waals surface area contributed by atoms with Gasteiger partial charge in [0.2, 0.25) is 5.91 Å². The van der Waals surface area contributed by atoms with Gasteiger partial charge >= 0.3 is 0 Å². The van der Waals surface area contributed by atoms with E-state index in [2.05, 4.69) is 37.4 Å². The minimum absolute atomic E-state index is 0.0939. The molecule has 0 saturated carbocycles. The van der Waals surface area contributed by atoms with Gasteiger partial charge in [0, 0.05) is 11.4 Å². The highest BCUT2D eigenvalue weighted by molar-refractivity contribution is 7.10. The van der Waals surface area contributed by atoms with Crippen molar-refractivity contribution in [2.75, 3.05) is 0 Å². The van der Waals surface area contributed by atoms with Crippen LogP contribution < -0.4 is 5.32 Å². The second-order valence-electron chi connectivity index (χ2n) is 4.84. The number of hydrogen-bond acceptors (Lipinski definition) is 2. The molecule has 0 aliphatic rings. The predicted molar refractivity (Wildman–Crippen MR) is 85.1 cm³/mol. The van der Waals surface area contributed by atoms with E-state index in [1.165, 1.54) is 16.7 Å². The first-order chi connectivity index (χ1) is 9.72. The third-order valence-corrected chi connectivity index (χ3v) is 4.33. The Hall–Kier alpha value is -1.61. The number of rotatable bonds is 6. The summed E-state index contributed by atoms with van der Waals surface area (Å²) in [5.74, 6) is 0.0939. The largest absolute Gasteiger partial charge is 0.352 e. The van der Waals surface area contributed by atoms with Crippen LogP contribution in [0.1, 0.15) is 35.4 Å². The van der Waals surface area contributed by atoms with Gasteiger partial charge in [0.25, 0.3) is 0 Å². The van der Waals surface area contributed by atoms with E-state index < -0.39 is 0 Å². The summed E-state index contributed by atoms with van der Waals surface area (Å²) in [5, 5.41) is 5.03. The van der Waals surface area contributed by atoms with E-state index in [1.54, 1.807) is 11.3 Å². The van der Waals surface area contributed by atoms with E-state index in [0.717, 1.165) is 17.7 Å². The minimum Gasteiger partial charge on any atom is -0.352 e. The summed E-state index contributed by atoms with van der Waals surface area (Å²) in [6.45, 7) is 4.93. The molecule has 0 atom stereocenters. The Kier molecular flexibility index (Phi) is 5.36. The molecule has 0 aliphatic heterocycles. The van der Waals surface area contributed by atoms with Gasteiger partial charge in [0.1, 0.15) is 0 Å². The van der Waals surface area contributed by atoms with Gasteiger partial charge in [-0.25, -0.2) is 0 Å². The van der Waals surface area contributed by atoms with Crippen molar-refractivity contribution in [3.05, 3.63) is 57.3 Å². The summed E-state index contributed by atoms with van der Waals surface area (Å²) in [4.78, 5) is 13.0. The lowest BCUT2D eigenvalue weighted by Gasteiger charge is -2.11. The fourth-order valence-corrected chi connectivity index (χ4v) is 2.94. The van der Waals surface area contributed by atoms with E-state index in [1.807, 2.05) is 17.5 Å². The molecule has 0 radical (unpaired) electrons. The van der Waals surface area contributed by atoms with Gasteiger partial charge < -0.3 is 5.32 Å². The molecule has 0 saturated heterocycles. The number of benzene rings is 1. The molecule has 2 aromatic rings. The fraction of sp³-hybridized carbons (Fsp3) is 0.353. The van der Waals surface area contributed by atoms with Crippen LogP contribution in [0, 0.1) is 0 Å². The van der Waals surface area contributed by atoms with Gasteiger partial charge in [0.15, 0.2) is 0 Å². The molecule has 0 bridgehead atoms. The fourth-order valence-electron chi connectivity index (χ4n) is 2.24. The number of nitrogens with one attached hydrogen (secondary N) is 1. The first-order valence-corrected chi connectivity index (χ1v) is 8.00. The Morgan fingerprint density at radius 3 is 2.65 bits per heavy atom. The van der Waals surface area contributed by atoms with Crippen LogP contribution in [0.4, 0.5) is 0 Å². The molecule has 3 heteroatoms. The molecule has 1 N–H and O–H groups in total. The van der Waals surface area contributed by atoms with Crippen LogP contribution in [-0.2, 0) is 30.6 Å². The monoisotopic (exact) mass is 287 g/mol. The molecule has 20 heavy (non-hydrogen) atoms. The minimum atomic E-state index is 0.0939. The zero-order chi connectivity index (χ0) is 14.4. The average Bonchev–Trinajstić information content (AvgIpc) is 2.97. The quantitative estimate of drug-likeness (QED) is 0.861. The topological polar surface area (TPSA) is 29.1 Å². The number of thiophene rings is 1. The molecule has 2 rings (SSSR count). The Morgan fingerprint density at radius 1 is 1.15 bits per heavy atom. The van der Waals surface area contributed by atoms with Crippen LogP contribution >= 0.6 is 11.3 Å².